The van der Waals surface area contributed by atoms with Crippen LogP contribution in [0.15, 0.2) is 48.8 Å². The minimum absolute atomic E-state index is 0. The molecule has 0 unspecified atom stereocenters. The van der Waals surface area contributed by atoms with Gasteiger partial charge in [-0.3, -0.25) is 9.97 Å². The van der Waals surface area contributed by atoms with Gasteiger partial charge in [0.2, 0.25) is 0 Å². The Morgan fingerprint density at radius 1 is 0.800 bits per heavy atom. The number of fused-ring (bicyclic) bond motifs is 3. The molecule has 3 aromatic rings. The van der Waals surface area contributed by atoms with E-state index in [4.69, 9.17) is 0 Å². The summed E-state index contributed by atoms with van der Waals surface area (Å²) in [6, 6.07) is 12.1. The molecule has 0 aliphatic carbocycles. The van der Waals surface area contributed by atoms with Crippen molar-refractivity contribution < 1.29 is 21.1 Å². The predicted octanol–water partition coefficient (Wildman–Crippen LogP) is 2.78. The van der Waals surface area contributed by atoms with Crippen molar-refractivity contribution >= 4 is 21.8 Å². The topological polar surface area (TPSA) is 25.8 Å². The summed E-state index contributed by atoms with van der Waals surface area (Å²) in [4.78, 5) is 8.66. The first-order valence-corrected chi connectivity index (χ1v) is 4.53. The van der Waals surface area contributed by atoms with E-state index in [1.165, 1.54) is 0 Å². The maximum atomic E-state index is 4.37. The second-order valence-electron chi connectivity index (χ2n) is 3.21. The number of nitrogens with zero attached hydrogens (tertiary/aromatic N) is 2. The number of hydrogen-bond donors (Lipinski definition) is 0. The molecule has 2 heterocycles. The molecule has 0 radical (unpaired) electrons. The van der Waals surface area contributed by atoms with Gasteiger partial charge < -0.3 is 0 Å². The van der Waals surface area contributed by atoms with Gasteiger partial charge in [-0.15, -0.1) is 0 Å². The van der Waals surface area contributed by atoms with E-state index in [2.05, 4.69) is 28.2 Å². The summed E-state index contributed by atoms with van der Waals surface area (Å²) < 4.78 is 0. The average molecular weight is 375 g/mol. The molecule has 0 aliphatic rings. The first-order valence-electron chi connectivity index (χ1n) is 4.53. The smallest absolute Gasteiger partial charge is 0.0795 e. The molecular weight excluding hydrogens is 367 g/mol. The van der Waals surface area contributed by atoms with Crippen LogP contribution in [0.3, 0.4) is 0 Å². The Bertz CT molecular complexity index is 553. The molecule has 1 aromatic carbocycles. The van der Waals surface area contributed by atoms with Gasteiger partial charge in [0.15, 0.2) is 0 Å². The summed E-state index contributed by atoms with van der Waals surface area (Å²) in [5.74, 6) is 0. The van der Waals surface area contributed by atoms with E-state index >= 15 is 0 Å². The third-order valence-corrected chi connectivity index (χ3v) is 2.35. The Labute approximate surface area is 102 Å². The van der Waals surface area contributed by atoms with Crippen molar-refractivity contribution in [3.63, 3.8) is 0 Å². The molecule has 2 aromatic heterocycles. The molecule has 0 atom stereocenters. The van der Waals surface area contributed by atoms with Crippen LogP contribution >= 0.6 is 0 Å². The Morgan fingerprint density at radius 3 is 2.53 bits per heavy atom. The van der Waals surface area contributed by atoms with Crippen LogP contribution in [0.2, 0.25) is 0 Å². The normalized spacial score (nSPS) is 10.1. The van der Waals surface area contributed by atoms with Crippen molar-refractivity contribution in [3.8, 4) is 0 Å². The molecule has 0 bridgehead atoms. The summed E-state index contributed by atoms with van der Waals surface area (Å²) in [5, 5.41) is 2.28. The van der Waals surface area contributed by atoms with Gasteiger partial charge in [0, 0.05) is 44.2 Å². The van der Waals surface area contributed by atoms with Gasteiger partial charge in [-0.05, 0) is 24.3 Å². The van der Waals surface area contributed by atoms with Crippen LogP contribution in [0.25, 0.3) is 21.8 Å². The molecule has 0 aliphatic heterocycles. The number of pyridine rings is 2. The summed E-state index contributed by atoms with van der Waals surface area (Å²) in [5.41, 5.74) is 2.02. The Morgan fingerprint density at radius 2 is 1.60 bits per heavy atom. The zero-order valence-corrected chi connectivity index (χ0v) is 10.1. The van der Waals surface area contributed by atoms with Crippen molar-refractivity contribution in [3.05, 3.63) is 48.8 Å². The standard InChI is InChI=1S/C12H8N2.Pt/c1-3-9-5-6-11-10(4-2-7-13-11)12(9)14-8-1;/h1-8H;. The fourth-order valence-electron chi connectivity index (χ4n) is 1.70. The van der Waals surface area contributed by atoms with Crippen molar-refractivity contribution in [1.82, 2.24) is 9.97 Å². The molecule has 3 heteroatoms. The number of benzene rings is 1. The van der Waals surface area contributed by atoms with Gasteiger partial charge in [0.1, 0.15) is 0 Å². The van der Waals surface area contributed by atoms with Crippen LogP contribution in [0.5, 0.6) is 0 Å². The third kappa shape index (κ3) is 1.66. The molecule has 0 N–H and O–H groups in total. The first kappa shape index (κ1) is 10.3. The van der Waals surface area contributed by atoms with Gasteiger partial charge in [-0.1, -0.05) is 12.1 Å². The van der Waals surface area contributed by atoms with Crippen molar-refractivity contribution in [1.29, 1.82) is 0 Å². The van der Waals surface area contributed by atoms with E-state index in [-0.39, 0.29) is 21.1 Å². The van der Waals surface area contributed by atoms with Crippen molar-refractivity contribution in [2.24, 2.45) is 0 Å². The minimum atomic E-state index is 0. The van der Waals surface area contributed by atoms with E-state index < -0.39 is 0 Å². The van der Waals surface area contributed by atoms with Gasteiger partial charge in [-0.25, -0.2) is 0 Å². The van der Waals surface area contributed by atoms with Crippen LogP contribution in [0.1, 0.15) is 0 Å². The van der Waals surface area contributed by atoms with Crippen molar-refractivity contribution in [2.45, 2.75) is 0 Å². The summed E-state index contributed by atoms with van der Waals surface area (Å²) in [7, 11) is 0. The molecule has 0 saturated carbocycles. The zero-order valence-electron chi connectivity index (χ0n) is 7.83. The van der Waals surface area contributed by atoms with Gasteiger partial charge >= 0.3 is 0 Å². The maximum Gasteiger partial charge on any atom is 0.0795 e. The predicted molar refractivity (Wildman–Crippen MR) is 57.0 cm³/mol. The average Bonchev–Trinajstić information content (AvgIpc) is 2.29. The van der Waals surface area contributed by atoms with Gasteiger partial charge in [0.25, 0.3) is 0 Å². The second-order valence-corrected chi connectivity index (χ2v) is 3.21. The monoisotopic (exact) mass is 375 g/mol. The number of rotatable bonds is 0. The van der Waals surface area contributed by atoms with Crippen LogP contribution in [0, 0.1) is 0 Å². The quantitative estimate of drug-likeness (QED) is 0.565. The molecule has 0 fully saturated rings. The van der Waals surface area contributed by atoms with E-state index in [0.717, 1.165) is 21.8 Å². The molecule has 3 rings (SSSR count). The molecule has 0 amide bonds. The fraction of sp³-hybridized carbons (Fsp3) is 0. The minimum Gasteiger partial charge on any atom is -0.256 e. The molecule has 15 heavy (non-hydrogen) atoms. The largest absolute Gasteiger partial charge is 0.256 e. The maximum absolute atomic E-state index is 4.37. The van der Waals surface area contributed by atoms with E-state index in [0.29, 0.717) is 0 Å². The van der Waals surface area contributed by atoms with E-state index in [1.807, 2.05) is 24.4 Å². The molecule has 76 valence electrons. The molecule has 0 saturated heterocycles. The first-order chi connectivity index (χ1) is 6.95. The van der Waals surface area contributed by atoms with Crippen molar-refractivity contribution in [2.75, 3.05) is 0 Å². The second kappa shape index (κ2) is 4.07. The van der Waals surface area contributed by atoms with Gasteiger partial charge in [0.05, 0.1) is 11.0 Å². The number of hydrogen-bond acceptors (Lipinski definition) is 2. The Kier molecular flexibility index (Phi) is 2.79. The Balaban J connectivity index is 0.000000853. The fourth-order valence-corrected chi connectivity index (χ4v) is 1.70. The Hall–Kier alpha value is -1.27. The third-order valence-electron chi connectivity index (χ3n) is 2.35. The van der Waals surface area contributed by atoms with Crippen LogP contribution in [-0.4, -0.2) is 9.97 Å². The SMILES string of the molecule is [Pt].c1cnc2c(c1)ccc1ncccc12. The van der Waals surface area contributed by atoms with Crippen LogP contribution in [-0.2, 0) is 21.1 Å². The summed E-state index contributed by atoms with van der Waals surface area (Å²) >= 11 is 0. The van der Waals surface area contributed by atoms with E-state index in [9.17, 15) is 0 Å². The zero-order chi connectivity index (χ0) is 9.38. The van der Waals surface area contributed by atoms with Gasteiger partial charge in [-0.2, -0.15) is 0 Å². The number of aromatic nitrogens is 2. The molecular formula is C12H8N2Pt. The molecule has 0 spiro atoms. The summed E-state index contributed by atoms with van der Waals surface area (Å²) in [6.07, 6.45) is 3.62. The molecule has 2 nitrogen and oxygen atoms in total. The van der Waals surface area contributed by atoms with Crippen LogP contribution < -0.4 is 0 Å². The summed E-state index contributed by atoms with van der Waals surface area (Å²) in [6.45, 7) is 0. The van der Waals surface area contributed by atoms with E-state index in [1.54, 1.807) is 6.20 Å². The van der Waals surface area contributed by atoms with Crippen LogP contribution in [0.4, 0.5) is 0 Å².